The largest absolute Gasteiger partial charge is 0.482 e. The third-order valence-electron chi connectivity index (χ3n) is 3.70. The Morgan fingerprint density at radius 1 is 1.08 bits per heavy atom. The Morgan fingerprint density at radius 2 is 1.81 bits per heavy atom. The third-order valence-corrected chi connectivity index (χ3v) is 4.25. The molecule has 26 heavy (non-hydrogen) atoms. The molecule has 2 rings (SSSR count). The highest BCUT2D eigenvalue weighted by atomic mass is 35.5. The molecule has 138 valence electrons. The van der Waals surface area contributed by atoms with Crippen LogP contribution in [0.1, 0.15) is 18.1 Å². The van der Waals surface area contributed by atoms with Crippen LogP contribution >= 0.6 is 23.2 Å². The second-order valence-electron chi connectivity index (χ2n) is 5.78. The number of carbonyl (C=O) groups excluding carboxylic acids is 2. The first-order chi connectivity index (χ1) is 12.3. The minimum absolute atomic E-state index is 0.290. The van der Waals surface area contributed by atoms with Gasteiger partial charge in [0.05, 0.1) is 10.7 Å². The van der Waals surface area contributed by atoms with Gasteiger partial charge in [0.25, 0.3) is 5.91 Å². The zero-order chi connectivity index (χ0) is 19.3. The van der Waals surface area contributed by atoms with E-state index in [9.17, 15) is 9.59 Å². The van der Waals surface area contributed by atoms with Crippen molar-refractivity contribution in [2.75, 3.05) is 11.9 Å². The van der Waals surface area contributed by atoms with Crippen LogP contribution in [0, 0.1) is 13.8 Å². The standard InChI is InChI=1S/C19H19Cl2NO4/c1-11-4-6-15(8-12(11)2)25-10-18(23)26-13(3)19(24)22-17-7-5-14(20)9-16(17)21/h4-9,13H,10H2,1-3H3,(H,22,24). The van der Waals surface area contributed by atoms with Crippen molar-refractivity contribution >= 4 is 40.8 Å². The summed E-state index contributed by atoms with van der Waals surface area (Å²) in [5.41, 5.74) is 2.57. The number of hydrogen-bond acceptors (Lipinski definition) is 4. The predicted octanol–water partition coefficient (Wildman–Crippen LogP) is 4.56. The number of esters is 1. The topological polar surface area (TPSA) is 64.6 Å². The highest BCUT2D eigenvalue weighted by molar-refractivity contribution is 6.36. The summed E-state index contributed by atoms with van der Waals surface area (Å²) in [6.45, 7) is 5.12. The Hall–Kier alpha value is -2.24. The first-order valence-corrected chi connectivity index (χ1v) is 8.67. The molecule has 0 spiro atoms. The fourth-order valence-electron chi connectivity index (χ4n) is 2.06. The SMILES string of the molecule is Cc1ccc(OCC(=O)OC(C)C(=O)Nc2ccc(Cl)cc2Cl)cc1C. The van der Waals surface area contributed by atoms with Crippen molar-refractivity contribution in [3.63, 3.8) is 0 Å². The molecule has 0 aliphatic rings. The summed E-state index contributed by atoms with van der Waals surface area (Å²) in [4.78, 5) is 24.0. The molecule has 0 aliphatic heterocycles. The normalized spacial score (nSPS) is 11.6. The highest BCUT2D eigenvalue weighted by Crippen LogP contribution is 2.25. The second-order valence-corrected chi connectivity index (χ2v) is 6.62. The van der Waals surface area contributed by atoms with E-state index in [0.717, 1.165) is 11.1 Å². The Morgan fingerprint density at radius 3 is 2.46 bits per heavy atom. The van der Waals surface area contributed by atoms with E-state index in [0.29, 0.717) is 21.5 Å². The lowest BCUT2D eigenvalue weighted by molar-refractivity contribution is -0.155. The smallest absolute Gasteiger partial charge is 0.344 e. The maximum atomic E-state index is 12.1. The average Bonchev–Trinajstić information content (AvgIpc) is 2.58. The lowest BCUT2D eigenvalue weighted by atomic mass is 10.1. The van der Waals surface area contributed by atoms with Gasteiger partial charge in [-0.1, -0.05) is 29.3 Å². The molecule has 1 amide bonds. The van der Waals surface area contributed by atoms with Gasteiger partial charge in [-0.3, -0.25) is 4.79 Å². The van der Waals surface area contributed by atoms with Gasteiger partial charge in [-0.05, 0) is 62.2 Å². The minimum Gasteiger partial charge on any atom is -0.482 e. The summed E-state index contributed by atoms with van der Waals surface area (Å²) in [5, 5.41) is 3.33. The summed E-state index contributed by atoms with van der Waals surface area (Å²) in [6.07, 6.45) is -1.00. The van der Waals surface area contributed by atoms with Crippen molar-refractivity contribution in [2.45, 2.75) is 26.9 Å². The molecule has 2 aromatic rings. The monoisotopic (exact) mass is 395 g/mol. The Labute approximate surface area is 162 Å². The number of anilines is 1. The molecule has 0 aromatic heterocycles. The van der Waals surface area contributed by atoms with Crippen LogP contribution < -0.4 is 10.1 Å². The number of ether oxygens (including phenoxy) is 2. The molecular weight excluding hydrogens is 377 g/mol. The van der Waals surface area contributed by atoms with Gasteiger partial charge in [-0.2, -0.15) is 0 Å². The molecule has 0 heterocycles. The number of carbonyl (C=O) groups is 2. The molecule has 0 aliphatic carbocycles. The van der Waals surface area contributed by atoms with Gasteiger partial charge in [0.1, 0.15) is 5.75 Å². The Kier molecular flexibility index (Phi) is 6.89. The van der Waals surface area contributed by atoms with Crippen molar-refractivity contribution in [3.05, 3.63) is 57.6 Å². The first-order valence-electron chi connectivity index (χ1n) is 7.91. The second kappa shape index (κ2) is 8.92. The zero-order valence-electron chi connectivity index (χ0n) is 14.6. The minimum atomic E-state index is -1.00. The lowest BCUT2D eigenvalue weighted by Crippen LogP contribution is -2.31. The van der Waals surface area contributed by atoms with E-state index in [1.807, 2.05) is 26.0 Å². The summed E-state index contributed by atoms with van der Waals surface area (Å²) in [6, 6.07) is 10.2. The molecule has 0 saturated carbocycles. The lowest BCUT2D eigenvalue weighted by Gasteiger charge is -2.15. The van der Waals surface area contributed by atoms with Crippen molar-refractivity contribution < 1.29 is 19.1 Å². The quantitative estimate of drug-likeness (QED) is 0.728. The Bertz CT molecular complexity index is 823. The van der Waals surface area contributed by atoms with Gasteiger partial charge in [0, 0.05) is 5.02 Å². The Balaban J connectivity index is 1.85. The third kappa shape index (κ3) is 5.64. The number of aryl methyl sites for hydroxylation is 2. The molecule has 0 radical (unpaired) electrons. The van der Waals surface area contributed by atoms with Crippen LogP contribution in [0.5, 0.6) is 5.75 Å². The average molecular weight is 396 g/mol. The molecule has 1 N–H and O–H groups in total. The maximum absolute atomic E-state index is 12.1. The molecule has 7 heteroatoms. The van der Waals surface area contributed by atoms with Gasteiger partial charge in [-0.25, -0.2) is 4.79 Å². The molecule has 2 aromatic carbocycles. The summed E-state index contributed by atoms with van der Waals surface area (Å²) in [5.74, 6) is -0.586. The van der Waals surface area contributed by atoms with Crippen LogP contribution in [0.25, 0.3) is 0 Å². The summed E-state index contributed by atoms with van der Waals surface area (Å²) >= 11 is 11.8. The summed E-state index contributed by atoms with van der Waals surface area (Å²) < 4.78 is 10.5. The van der Waals surface area contributed by atoms with Crippen LogP contribution in [0.15, 0.2) is 36.4 Å². The molecule has 5 nitrogen and oxygen atoms in total. The molecular formula is C19H19Cl2NO4. The van der Waals surface area contributed by atoms with Gasteiger partial charge in [0.2, 0.25) is 0 Å². The van der Waals surface area contributed by atoms with Gasteiger partial charge < -0.3 is 14.8 Å². The number of amides is 1. The van der Waals surface area contributed by atoms with Crippen LogP contribution in [0.2, 0.25) is 10.0 Å². The van der Waals surface area contributed by atoms with Crippen LogP contribution in [-0.2, 0) is 14.3 Å². The molecule has 0 bridgehead atoms. The van der Waals surface area contributed by atoms with Gasteiger partial charge in [-0.15, -0.1) is 0 Å². The van der Waals surface area contributed by atoms with Crippen LogP contribution in [-0.4, -0.2) is 24.6 Å². The van der Waals surface area contributed by atoms with Crippen molar-refractivity contribution in [1.29, 1.82) is 0 Å². The molecule has 0 fully saturated rings. The van der Waals surface area contributed by atoms with Crippen molar-refractivity contribution in [1.82, 2.24) is 0 Å². The maximum Gasteiger partial charge on any atom is 0.344 e. The van der Waals surface area contributed by atoms with E-state index < -0.39 is 18.0 Å². The van der Waals surface area contributed by atoms with Gasteiger partial charge >= 0.3 is 5.97 Å². The number of halogens is 2. The fourth-order valence-corrected chi connectivity index (χ4v) is 2.51. The van der Waals surface area contributed by atoms with E-state index in [1.54, 1.807) is 18.2 Å². The van der Waals surface area contributed by atoms with Crippen molar-refractivity contribution in [3.8, 4) is 5.75 Å². The van der Waals surface area contributed by atoms with E-state index >= 15 is 0 Å². The van der Waals surface area contributed by atoms with E-state index in [4.69, 9.17) is 32.7 Å². The number of hydrogen-bond donors (Lipinski definition) is 1. The van der Waals surface area contributed by atoms with E-state index in [-0.39, 0.29) is 6.61 Å². The molecule has 0 saturated heterocycles. The number of benzene rings is 2. The van der Waals surface area contributed by atoms with Gasteiger partial charge in [0.15, 0.2) is 12.7 Å². The predicted molar refractivity (Wildman–Crippen MR) is 102 cm³/mol. The summed E-state index contributed by atoms with van der Waals surface area (Å²) in [7, 11) is 0. The highest BCUT2D eigenvalue weighted by Gasteiger charge is 2.19. The van der Waals surface area contributed by atoms with Crippen LogP contribution in [0.4, 0.5) is 5.69 Å². The number of nitrogens with one attached hydrogen (secondary N) is 1. The van der Waals surface area contributed by atoms with Crippen LogP contribution in [0.3, 0.4) is 0 Å². The number of rotatable bonds is 6. The van der Waals surface area contributed by atoms with E-state index in [1.165, 1.54) is 13.0 Å². The molecule has 1 unspecified atom stereocenters. The molecule has 1 atom stereocenters. The van der Waals surface area contributed by atoms with Crippen molar-refractivity contribution in [2.24, 2.45) is 0 Å². The first kappa shape index (κ1) is 20.1. The zero-order valence-corrected chi connectivity index (χ0v) is 16.1. The van der Waals surface area contributed by atoms with E-state index in [2.05, 4.69) is 5.32 Å². The fraction of sp³-hybridized carbons (Fsp3) is 0.263.